The number of aromatic nitrogens is 4. The molecule has 21 heteroatoms. The Hall–Kier alpha value is -7.03. The minimum Gasteiger partial charge on any atom is -0.385 e. The van der Waals surface area contributed by atoms with Crippen LogP contribution in [0.4, 0.5) is 77.2 Å². The number of Topliss-reactive ketones (excluding diaryl/α,β-unsaturated/α-hetero) is 2. The molecule has 324 valence electrons. The number of ketones is 2. The monoisotopic (exact) mass is 862 g/mol. The van der Waals surface area contributed by atoms with Crippen molar-refractivity contribution < 1.29 is 40.7 Å². The highest BCUT2D eigenvalue weighted by molar-refractivity contribution is 6.05. The van der Waals surface area contributed by atoms with Crippen LogP contribution in [0.3, 0.4) is 0 Å². The van der Waals surface area contributed by atoms with Crippen molar-refractivity contribution in [2.75, 3.05) is 57.2 Å². The number of nitrogens with zero attached hydrogens (tertiary/aromatic N) is 9. The molecule has 62 heavy (non-hydrogen) atoms. The van der Waals surface area contributed by atoms with Gasteiger partial charge in [-0.25, -0.2) is 34.4 Å². The molecule has 0 radical (unpaired) electrons. The first-order valence-corrected chi connectivity index (χ1v) is 19.4. The van der Waals surface area contributed by atoms with Crippen LogP contribution in [0.2, 0.25) is 0 Å². The lowest BCUT2D eigenvalue weighted by atomic mass is 10.0. The fourth-order valence-electron chi connectivity index (χ4n) is 7.12. The fraction of sp³-hybridized carbons (Fsp3) is 0.390. The van der Waals surface area contributed by atoms with Gasteiger partial charge in [-0.05, 0) is 61.4 Å². The van der Waals surface area contributed by atoms with Gasteiger partial charge in [0.1, 0.15) is 23.0 Å². The lowest BCUT2D eigenvalue weighted by Crippen LogP contribution is -2.48. The topological polar surface area (TPSA) is 171 Å². The maximum atomic E-state index is 13.1. The number of carbonyl (C=O) groups is 3. The molecule has 0 aliphatic carbocycles. The van der Waals surface area contributed by atoms with Crippen molar-refractivity contribution in [1.29, 1.82) is 0 Å². The zero-order chi connectivity index (χ0) is 44.9. The predicted octanol–water partition coefficient (Wildman–Crippen LogP) is 8.50. The number of anilines is 6. The fourth-order valence-corrected chi connectivity index (χ4v) is 7.12. The minimum atomic E-state index is -4.48. The van der Waals surface area contributed by atoms with Gasteiger partial charge < -0.3 is 20.9 Å². The summed E-state index contributed by atoms with van der Waals surface area (Å²) in [7, 11) is 0. The van der Waals surface area contributed by atoms with Gasteiger partial charge in [0.25, 0.3) is 0 Å². The normalized spacial score (nSPS) is 17.9. The zero-order valence-corrected chi connectivity index (χ0v) is 33.3. The third-order valence-corrected chi connectivity index (χ3v) is 10.6. The Labute approximate surface area is 352 Å². The number of alkyl halides is 6. The van der Waals surface area contributed by atoms with Crippen molar-refractivity contribution in [2.45, 2.75) is 64.0 Å². The van der Waals surface area contributed by atoms with Crippen LogP contribution in [0, 0.1) is 25.0 Å². The van der Waals surface area contributed by atoms with Crippen molar-refractivity contribution in [1.82, 2.24) is 19.9 Å². The number of nitrogens with one attached hydrogen (secondary N) is 2. The summed E-state index contributed by atoms with van der Waals surface area (Å²) in [4.78, 5) is 65.9. The van der Waals surface area contributed by atoms with Gasteiger partial charge in [0.2, 0.25) is 0 Å². The summed E-state index contributed by atoms with van der Waals surface area (Å²) >= 11 is 0. The molecule has 4 aliphatic heterocycles. The molecule has 8 rings (SSSR count). The number of nitrogen functional groups attached to an aromatic ring is 1. The van der Waals surface area contributed by atoms with Crippen molar-refractivity contribution >= 4 is 63.6 Å². The summed E-state index contributed by atoms with van der Waals surface area (Å²) in [5.41, 5.74) is 7.66. The van der Waals surface area contributed by atoms with Crippen LogP contribution in [-0.2, 0) is 0 Å². The first-order chi connectivity index (χ1) is 29.3. The smallest absolute Gasteiger partial charge is 0.385 e. The van der Waals surface area contributed by atoms with Crippen LogP contribution < -0.4 is 31.1 Å². The number of amides is 2. The van der Waals surface area contributed by atoms with E-state index in [4.69, 9.17) is 18.9 Å². The number of rotatable bonds is 7. The van der Waals surface area contributed by atoms with Gasteiger partial charge in [-0.15, -0.1) is 0 Å². The largest absolute Gasteiger partial charge is 0.391 e. The van der Waals surface area contributed by atoms with E-state index in [2.05, 4.69) is 45.2 Å². The van der Waals surface area contributed by atoms with E-state index in [9.17, 15) is 40.7 Å². The first-order valence-electron chi connectivity index (χ1n) is 19.4. The van der Waals surface area contributed by atoms with Gasteiger partial charge >= 0.3 is 18.4 Å². The second-order valence-corrected chi connectivity index (χ2v) is 15.1. The molecule has 4 aromatic heterocycles. The quantitative estimate of drug-likeness (QED) is 0.0925. The van der Waals surface area contributed by atoms with Crippen molar-refractivity contribution in [3.63, 3.8) is 0 Å². The highest BCUT2D eigenvalue weighted by Crippen LogP contribution is 2.40. The SMILES string of the molecule is C[C@@H](CC(=O)c1ccc2c(n1)N[C@H]1CCN2C1)C(F)(F)F.[C-]#[N+]c1ccnc(N)c1.[C-]#[N+]c1ccnc(NC(=O)N2c3nc(C(=O)C[C@H](C)C(F)(F)F)ccc3N3CC[C@H]2C3)c1. The van der Waals surface area contributed by atoms with Crippen molar-refractivity contribution in [3.05, 3.63) is 95.1 Å². The Kier molecular flexibility index (Phi) is 13.1. The summed E-state index contributed by atoms with van der Waals surface area (Å²) in [5, 5.41) is 5.89. The molecular formula is C41H40F6N12O3. The molecule has 0 aromatic carbocycles. The van der Waals surface area contributed by atoms with Crippen LogP contribution in [0.5, 0.6) is 0 Å². The maximum Gasteiger partial charge on any atom is 0.391 e. The molecule has 2 saturated heterocycles. The molecule has 4 N–H and O–H groups in total. The predicted molar refractivity (Wildman–Crippen MR) is 219 cm³/mol. The molecule has 0 saturated carbocycles. The zero-order valence-electron chi connectivity index (χ0n) is 33.3. The molecule has 0 unspecified atom stereocenters. The van der Waals surface area contributed by atoms with Gasteiger partial charge in [0, 0.05) is 57.5 Å². The number of hydrogen-bond donors (Lipinski definition) is 3. The molecule has 4 atom stereocenters. The maximum absolute atomic E-state index is 13.1. The van der Waals surface area contributed by atoms with E-state index in [-0.39, 0.29) is 29.1 Å². The summed E-state index contributed by atoms with van der Waals surface area (Å²) in [6.07, 6.45) is -5.52. The summed E-state index contributed by atoms with van der Waals surface area (Å²) in [6.45, 7) is 18.7. The second kappa shape index (κ2) is 18.3. The molecule has 15 nitrogen and oxygen atoms in total. The summed E-state index contributed by atoms with van der Waals surface area (Å²) in [6, 6.07) is 12.0. The Morgan fingerprint density at radius 3 is 1.97 bits per heavy atom. The molecule has 4 bridgehead atoms. The van der Waals surface area contributed by atoms with E-state index in [0.717, 1.165) is 39.0 Å². The molecule has 8 heterocycles. The van der Waals surface area contributed by atoms with Crippen LogP contribution in [0.15, 0.2) is 60.9 Å². The number of carbonyl (C=O) groups excluding carboxylic acids is 3. The van der Waals surface area contributed by atoms with Crippen molar-refractivity contribution in [2.24, 2.45) is 11.8 Å². The average molecular weight is 863 g/mol. The Bertz CT molecular complexity index is 2420. The van der Waals surface area contributed by atoms with Gasteiger partial charge in [-0.2, -0.15) is 26.3 Å². The third-order valence-electron chi connectivity index (χ3n) is 10.6. The lowest BCUT2D eigenvalue weighted by molar-refractivity contribution is -0.169. The van der Waals surface area contributed by atoms with Gasteiger partial charge in [0.15, 0.2) is 34.6 Å². The third kappa shape index (κ3) is 10.5. The van der Waals surface area contributed by atoms with Gasteiger partial charge in [-0.3, -0.25) is 19.8 Å². The van der Waals surface area contributed by atoms with E-state index < -0.39 is 54.6 Å². The average Bonchev–Trinajstić information content (AvgIpc) is 3.84. The second-order valence-electron chi connectivity index (χ2n) is 15.1. The highest BCUT2D eigenvalue weighted by Gasteiger charge is 2.42. The Balaban J connectivity index is 0.000000182. The number of hydrogen-bond acceptors (Lipinski definition) is 11. The molecule has 4 aromatic rings. The molecule has 2 fully saturated rings. The van der Waals surface area contributed by atoms with E-state index >= 15 is 0 Å². The highest BCUT2D eigenvalue weighted by atomic mass is 19.4. The van der Waals surface area contributed by atoms with Crippen molar-refractivity contribution in [3.8, 4) is 0 Å². The van der Waals surface area contributed by atoms with Gasteiger partial charge in [0.05, 0.1) is 42.4 Å². The van der Waals surface area contributed by atoms with Crippen LogP contribution in [0.1, 0.15) is 60.5 Å². The van der Waals surface area contributed by atoms with E-state index in [1.807, 2.05) is 4.90 Å². The van der Waals surface area contributed by atoms with E-state index in [0.29, 0.717) is 54.3 Å². The van der Waals surface area contributed by atoms with Crippen LogP contribution in [0.25, 0.3) is 9.69 Å². The number of nitrogens with two attached hydrogens (primary N) is 1. The first kappa shape index (κ1) is 44.5. The number of fused-ring (bicyclic) bond motifs is 8. The molecular weight excluding hydrogens is 823 g/mol. The standard InChI is InChI=1S/C21H19F3N6O2.C14H16F3N3O.C6H5N3/c1-12(21(22,23)24)9-17(31)15-3-4-16-19(27-15)30(14-6-8-29(16)11-14)20(32)28-18-10-13(25-2)5-7-26-18;1-8(14(15,16)17)6-12(21)10-2-3-11-13(19-10)18-9-4-5-20(11)7-9;1-8-5-2-3-9-6(7)4-5/h3-5,7,10,12,14H,6,8-9,11H2,1H3,(H,26,28,32);2-3,8-9H,4-7H2,1H3,(H,18,19);2-4H,(H2,7,9)/t12-,14-;8-,9-;/m00./s1. The minimum absolute atomic E-state index is 0.0971. The number of urea groups is 1. The number of pyridine rings is 4. The Morgan fingerprint density at radius 1 is 0.806 bits per heavy atom. The molecule has 4 aliphatic rings. The lowest BCUT2D eigenvalue weighted by Gasteiger charge is -2.35. The van der Waals surface area contributed by atoms with Gasteiger partial charge in [-0.1, -0.05) is 13.8 Å². The Morgan fingerprint density at radius 2 is 1.37 bits per heavy atom. The summed E-state index contributed by atoms with van der Waals surface area (Å²) in [5.74, 6) is -3.35. The van der Waals surface area contributed by atoms with Crippen LogP contribution >= 0.6 is 0 Å². The van der Waals surface area contributed by atoms with E-state index in [1.165, 1.54) is 47.6 Å². The molecule has 0 spiro atoms. The summed E-state index contributed by atoms with van der Waals surface area (Å²) < 4.78 is 76.2. The van der Waals surface area contributed by atoms with E-state index in [1.54, 1.807) is 18.2 Å². The van der Waals surface area contributed by atoms with Crippen LogP contribution in [-0.4, -0.2) is 88.1 Å². The molecule has 2 amide bonds. The number of halogens is 6.